The Morgan fingerprint density at radius 2 is 2.44 bits per heavy atom. The van der Waals surface area contributed by atoms with Crippen molar-refractivity contribution in [1.29, 1.82) is 0 Å². The standard InChI is InChI=1S/C7H14N2/c1-3-5-7(6-8)9-4-2/h3-5,7,9H,2,6,8H2,1H3/b5-3-. The van der Waals surface area contributed by atoms with E-state index < -0.39 is 0 Å². The first kappa shape index (κ1) is 8.24. The van der Waals surface area contributed by atoms with E-state index in [1.165, 1.54) is 0 Å². The molecule has 2 heteroatoms. The molecule has 0 spiro atoms. The maximum absolute atomic E-state index is 5.38. The third kappa shape index (κ3) is 3.79. The normalized spacial score (nSPS) is 13.6. The molecule has 0 saturated carbocycles. The van der Waals surface area contributed by atoms with Crippen molar-refractivity contribution in [3.8, 4) is 0 Å². The molecule has 1 atom stereocenters. The highest BCUT2D eigenvalue weighted by molar-refractivity contribution is 4.93. The summed E-state index contributed by atoms with van der Waals surface area (Å²) in [5.41, 5.74) is 5.38. The lowest BCUT2D eigenvalue weighted by Gasteiger charge is -2.07. The van der Waals surface area contributed by atoms with E-state index >= 15 is 0 Å². The van der Waals surface area contributed by atoms with Crippen LogP contribution in [0.1, 0.15) is 6.92 Å². The predicted octanol–water partition coefficient (Wildman–Crippen LogP) is 0.623. The van der Waals surface area contributed by atoms with Gasteiger partial charge in [0.2, 0.25) is 0 Å². The van der Waals surface area contributed by atoms with Crippen LogP contribution in [0.5, 0.6) is 0 Å². The number of nitrogens with two attached hydrogens (primary N) is 1. The molecule has 0 aromatic carbocycles. The van der Waals surface area contributed by atoms with Crippen LogP contribution in [0.4, 0.5) is 0 Å². The van der Waals surface area contributed by atoms with Crippen molar-refractivity contribution >= 4 is 0 Å². The third-order valence-corrected chi connectivity index (χ3v) is 1.01. The van der Waals surface area contributed by atoms with Gasteiger partial charge in [-0.2, -0.15) is 0 Å². The van der Waals surface area contributed by atoms with E-state index in [1.807, 2.05) is 19.1 Å². The first-order chi connectivity index (χ1) is 4.35. The zero-order valence-corrected chi connectivity index (χ0v) is 5.80. The summed E-state index contributed by atoms with van der Waals surface area (Å²) in [7, 11) is 0. The van der Waals surface area contributed by atoms with Crippen molar-refractivity contribution in [3.05, 3.63) is 24.9 Å². The molecule has 0 saturated heterocycles. The lowest BCUT2D eigenvalue weighted by atomic mass is 10.3. The molecular formula is C7H14N2. The topological polar surface area (TPSA) is 38.0 Å². The number of hydrogen-bond acceptors (Lipinski definition) is 2. The highest BCUT2D eigenvalue weighted by Crippen LogP contribution is 1.81. The van der Waals surface area contributed by atoms with Crippen LogP contribution in [-0.4, -0.2) is 12.6 Å². The maximum atomic E-state index is 5.38. The molecule has 0 fully saturated rings. The minimum atomic E-state index is 0.243. The quantitative estimate of drug-likeness (QED) is 0.542. The molecule has 0 heterocycles. The van der Waals surface area contributed by atoms with Gasteiger partial charge in [0, 0.05) is 6.54 Å². The van der Waals surface area contributed by atoms with Crippen LogP contribution in [0.15, 0.2) is 24.9 Å². The Hall–Kier alpha value is -0.760. The molecule has 9 heavy (non-hydrogen) atoms. The van der Waals surface area contributed by atoms with Gasteiger partial charge in [-0.25, -0.2) is 0 Å². The highest BCUT2D eigenvalue weighted by Gasteiger charge is 1.93. The third-order valence-electron chi connectivity index (χ3n) is 1.01. The van der Waals surface area contributed by atoms with Crippen molar-refractivity contribution < 1.29 is 0 Å². The van der Waals surface area contributed by atoms with Gasteiger partial charge in [0.05, 0.1) is 6.04 Å². The first-order valence-electron chi connectivity index (χ1n) is 3.05. The fourth-order valence-corrected chi connectivity index (χ4v) is 0.586. The maximum Gasteiger partial charge on any atom is 0.0561 e. The van der Waals surface area contributed by atoms with E-state index in [9.17, 15) is 0 Å². The van der Waals surface area contributed by atoms with Crippen LogP contribution in [0.25, 0.3) is 0 Å². The molecule has 0 aromatic rings. The van der Waals surface area contributed by atoms with Gasteiger partial charge in [-0.1, -0.05) is 18.7 Å². The van der Waals surface area contributed by atoms with E-state index in [0.29, 0.717) is 6.54 Å². The van der Waals surface area contributed by atoms with Gasteiger partial charge < -0.3 is 11.1 Å². The van der Waals surface area contributed by atoms with Gasteiger partial charge >= 0.3 is 0 Å². The van der Waals surface area contributed by atoms with Crippen LogP contribution < -0.4 is 11.1 Å². The Kier molecular flexibility index (Phi) is 4.92. The van der Waals surface area contributed by atoms with Crippen LogP contribution in [0.2, 0.25) is 0 Å². The summed E-state index contributed by atoms with van der Waals surface area (Å²) in [6.07, 6.45) is 5.62. The summed E-state index contributed by atoms with van der Waals surface area (Å²) < 4.78 is 0. The summed E-state index contributed by atoms with van der Waals surface area (Å²) in [5, 5.41) is 2.99. The van der Waals surface area contributed by atoms with Crippen LogP contribution in [0, 0.1) is 0 Å². The number of hydrogen-bond donors (Lipinski definition) is 2. The molecule has 0 aliphatic heterocycles. The molecule has 0 bridgehead atoms. The van der Waals surface area contributed by atoms with Crippen molar-refractivity contribution in [2.75, 3.05) is 6.54 Å². The lowest BCUT2D eigenvalue weighted by Crippen LogP contribution is -2.30. The predicted molar refractivity (Wildman–Crippen MR) is 41.0 cm³/mol. The highest BCUT2D eigenvalue weighted by atomic mass is 14.9. The van der Waals surface area contributed by atoms with Crippen LogP contribution >= 0.6 is 0 Å². The Labute approximate surface area is 56.4 Å². The van der Waals surface area contributed by atoms with Crippen molar-refractivity contribution in [1.82, 2.24) is 5.32 Å². The second-order valence-corrected chi connectivity index (χ2v) is 1.74. The summed E-state index contributed by atoms with van der Waals surface area (Å²) in [6.45, 7) is 6.10. The average Bonchev–Trinajstić information content (AvgIpc) is 1.88. The van der Waals surface area contributed by atoms with Gasteiger partial charge in [-0.15, -0.1) is 0 Å². The van der Waals surface area contributed by atoms with Crippen molar-refractivity contribution in [2.45, 2.75) is 13.0 Å². The van der Waals surface area contributed by atoms with Gasteiger partial charge in [-0.05, 0) is 13.1 Å². The minimum Gasteiger partial charge on any atom is -0.384 e. The molecule has 0 aromatic heterocycles. The molecule has 0 aliphatic rings. The second-order valence-electron chi connectivity index (χ2n) is 1.74. The molecular weight excluding hydrogens is 112 g/mol. The minimum absolute atomic E-state index is 0.243. The first-order valence-corrected chi connectivity index (χ1v) is 3.05. The Morgan fingerprint density at radius 3 is 2.78 bits per heavy atom. The Bertz CT molecular complexity index is 97.1. The molecule has 3 N–H and O–H groups in total. The van der Waals surface area contributed by atoms with E-state index in [0.717, 1.165) is 0 Å². The van der Waals surface area contributed by atoms with Gasteiger partial charge in [0.15, 0.2) is 0 Å². The molecule has 0 aliphatic carbocycles. The van der Waals surface area contributed by atoms with E-state index in [2.05, 4.69) is 11.9 Å². The van der Waals surface area contributed by atoms with Gasteiger partial charge in [-0.3, -0.25) is 0 Å². The lowest BCUT2D eigenvalue weighted by molar-refractivity contribution is 0.709. The van der Waals surface area contributed by atoms with Gasteiger partial charge in [0.25, 0.3) is 0 Å². The Balaban J connectivity index is 3.53. The van der Waals surface area contributed by atoms with E-state index in [4.69, 9.17) is 5.73 Å². The summed E-state index contributed by atoms with van der Waals surface area (Å²) in [6, 6.07) is 0.243. The number of nitrogens with one attached hydrogen (secondary N) is 1. The Morgan fingerprint density at radius 1 is 1.78 bits per heavy atom. The fraction of sp³-hybridized carbons (Fsp3) is 0.429. The summed E-state index contributed by atoms with van der Waals surface area (Å²) in [4.78, 5) is 0. The molecule has 0 amide bonds. The summed E-state index contributed by atoms with van der Waals surface area (Å²) in [5.74, 6) is 0. The van der Waals surface area contributed by atoms with Gasteiger partial charge in [0.1, 0.15) is 0 Å². The second kappa shape index (κ2) is 5.38. The number of rotatable bonds is 4. The fourth-order valence-electron chi connectivity index (χ4n) is 0.586. The zero-order chi connectivity index (χ0) is 7.11. The molecule has 2 nitrogen and oxygen atoms in total. The van der Waals surface area contributed by atoms with Crippen LogP contribution in [0.3, 0.4) is 0 Å². The zero-order valence-electron chi connectivity index (χ0n) is 5.80. The summed E-state index contributed by atoms with van der Waals surface area (Å²) >= 11 is 0. The average molecular weight is 126 g/mol. The molecule has 0 rings (SSSR count). The number of allylic oxidation sites excluding steroid dienone is 1. The molecule has 0 radical (unpaired) electrons. The van der Waals surface area contributed by atoms with E-state index in [1.54, 1.807) is 6.20 Å². The van der Waals surface area contributed by atoms with Crippen molar-refractivity contribution in [2.24, 2.45) is 5.73 Å². The molecule has 1 unspecified atom stereocenters. The smallest absolute Gasteiger partial charge is 0.0561 e. The monoisotopic (exact) mass is 126 g/mol. The van der Waals surface area contributed by atoms with Crippen molar-refractivity contribution in [3.63, 3.8) is 0 Å². The van der Waals surface area contributed by atoms with E-state index in [-0.39, 0.29) is 6.04 Å². The SMILES string of the molecule is C=CNC(/C=C\C)CN. The molecule has 52 valence electrons. The van der Waals surface area contributed by atoms with Crippen LogP contribution in [-0.2, 0) is 0 Å². The largest absolute Gasteiger partial charge is 0.384 e.